The summed E-state index contributed by atoms with van der Waals surface area (Å²) in [5, 5.41) is 6.62. The van der Waals surface area contributed by atoms with Crippen LogP contribution in [0.15, 0.2) is 41.4 Å². The molecule has 4 unspecified atom stereocenters. The molecule has 1 saturated heterocycles. The maximum absolute atomic E-state index is 12.7. The van der Waals surface area contributed by atoms with Gasteiger partial charge in [-0.15, -0.1) is 24.0 Å². The molecule has 168 valence electrons. The van der Waals surface area contributed by atoms with Crippen molar-refractivity contribution in [1.82, 2.24) is 15.5 Å². The first-order chi connectivity index (χ1) is 14.6. The summed E-state index contributed by atoms with van der Waals surface area (Å²) in [6.45, 7) is 6.78. The Labute approximate surface area is 202 Å². The number of hydrogen-bond donors (Lipinski definition) is 2. The van der Waals surface area contributed by atoms with Gasteiger partial charge in [-0.2, -0.15) is 0 Å². The van der Waals surface area contributed by atoms with E-state index in [0.717, 1.165) is 31.9 Å². The van der Waals surface area contributed by atoms with E-state index in [1.807, 2.05) is 6.92 Å². The lowest BCUT2D eigenvalue weighted by Crippen LogP contribution is -2.38. The third kappa shape index (κ3) is 5.13. The summed E-state index contributed by atoms with van der Waals surface area (Å²) in [5.74, 6) is 1.20. The summed E-state index contributed by atoms with van der Waals surface area (Å²) in [5.41, 5.74) is 2.56. The van der Waals surface area contributed by atoms with Crippen molar-refractivity contribution >= 4 is 41.8 Å². The molecule has 4 rings (SSSR count). The molecule has 2 amide bonds. The van der Waals surface area contributed by atoms with Crippen LogP contribution in [0.5, 0.6) is 0 Å². The van der Waals surface area contributed by atoms with Crippen molar-refractivity contribution in [3.63, 3.8) is 0 Å². The van der Waals surface area contributed by atoms with Gasteiger partial charge in [0.2, 0.25) is 11.8 Å². The standard InChI is InChI=1S/C24H32N4O2.HI/c1-3-25-24(27-13-11-17-7-5-16(2)6-8-17)26-12-4-14-28-22(29)20-18-9-10-19(15-18)21(20)23(28)30;/h5-10,18-21H,3-4,11-15H2,1-2H3,(H2,25,26,27);1H. The molecule has 1 aromatic carbocycles. The van der Waals surface area contributed by atoms with E-state index in [9.17, 15) is 9.59 Å². The Hall–Kier alpha value is -1.90. The van der Waals surface area contributed by atoms with Gasteiger partial charge in [-0.05, 0) is 50.5 Å². The number of halogens is 1. The number of imide groups is 1. The Morgan fingerprint density at radius 1 is 1.06 bits per heavy atom. The second-order valence-electron chi connectivity index (χ2n) is 8.60. The zero-order valence-corrected chi connectivity index (χ0v) is 20.7. The number of guanidine groups is 1. The third-order valence-corrected chi connectivity index (χ3v) is 6.54. The first-order valence-electron chi connectivity index (χ1n) is 11.2. The van der Waals surface area contributed by atoms with Gasteiger partial charge >= 0.3 is 0 Å². The molecule has 7 heteroatoms. The van der Waals surface area contributed by atoms with Crippen LogP contribution in [0.4, 0.5) is 0 Å². The number of carbonyl (C=O) groups excluding carboxylic acids is 2. The van der Waals surface area contributed by atoms with Crippen LogP contribution in [0.1, 0.15) is 30.9 Å². The van der Waals surface area contributed by atoms with Crippen LogP contribution in [0.3, 0.4) is 0 Å². The van der Waals surface area contributed by atoms with Gasteiger partial charge in [0.15, 0.2) is 5.96 Å². The number of aryl methyl sites for hydroxylation is 1. The number of nitrogens with one attached hydrogen (secondary N) is 2. The predicted molar refractivity (Wildman–Crippen MR) is 133 cm³/mol. The minimum absolute atomic E-state index is 0. The Balaban J connectivity index is 0.00000272. The van der Waals surface area contributed by atoms with E-state index in [-0.39, 0.29) is 59.5 Å². The Morgan fingerprint density at radius 3 is 2.32 bits per heavy atom. The first kappa shape index (κ1) is 23.8. The molecule has 2 aliphatic carbocycles. The van der Waals surface area contributed by atoms with Gasteiger partial charge in [0.1, 0.15) is 0 Å². The van der Waals surface area contributed by atoms with Gasteiger partial charge < -0.3 is 10.6 Å². The average Bonchev–Trinajstić information content (AvgIpc) is 3.42. The SMILES string of the molecule is CCNC(=NCCCN1C(=O)C2C3C=CC(C3)C2C1=O)NCCc1ccc(C)cc1.I. The van der Waals surface area contributed by atoms with Crippen molar-refractivity contribution < 1.29 is 9.59 Å². The lowest BCUT2D eigenvalue weighted by atomic mass is 9.85. The summed E-state index contributed by atoms with van der Waals surface area (Å²) >= 11 is 0. The fourth-order valence-electron chi connectivity index (χ4n) is 5.03. The molecule has 3 aliphatic rings. The number of amides is 2. The molecule has 1 saturated carbocycles. The number of allylic oxidation sites excluding steroid dienone is 2. The van der Waals surface area contributed by atoms with Crippen LogP contribution in [-0.4, -0.2) is 48.9 Å². The van der Waals surface area contributed by atoms with E-state index in [2.05, 4.69) is 59.0 Å². The van der Waals surface area contributed by atoms with Gasteiger partial charge in [-0.25, -0.2) is 0 Å². The number of aliphatic imine (C=N–C) groups is 1. The summed E-state index contributed by atoms with van der Waals surface area (Å²) in [7, 11) is 0. The van der Waals surface area contributed by atoms with Gasteiger partial charge in [0, 0.05) is 26.2 Å². The van der Waals surface area contributed by atoms with E-state index in [1.165, 1.54) is 16.0 Å². The van der Waals surface area contributed by atoms with Gasteiger partial charge in [0.05, 0.1) is 11.8 Å². The molecular formula is C24H33IN4O2. The van der Waals surface area contributed by atoms with Gasteiger partial charge in [-0.1, -0.05) is 42.0 Å². The highest BCUT2D eigenvalue weighted by molar-refractivity contribution is 14.0. The van der Waals surface area contributed by atoms with Crippen LogP contribution in [0.2, 0.25) is 0 Å². The molecule has 2 bridgehead atoms. The molecule has 1 aromatic rings. The molecule has 31 heavy (non-hydrogen) atoms. The van der Waals surface area contributed by atoms with E-state index in [4.69, 9.17) is 0 Å². The highest BCUT2D eigenvalue weighted by Gasteiger charge is 2.58. The van der Waals surface area contributed by atoms with E-state index < -0.39 is 0 Å². The number of hydrogen-bond acceptors (Lipinski definition) is 3. The first-order valence-corrected chi connectivity index (χ1v) is 11.2. The fourth-order valence-corrected chi connectivity index (χ4v) is 5.03. The monoisotopic (exact) mass is 536 g/mol. The molecule has 0 radical (unpaired) electrons. The molecule has 6 nitrogen and oxygen atoms in total. The molecule has 2 N–H and O–H groups in total. The fraction of sp³-hybridized carbons (Fsp3) is 0.542. The van der Waals surface area contributed by atoms with Crippen LogP contribution in [0.25, 0.3) is 0 Å². The predicted octanol–water partition coefficient (Wildman–Crippen LogP) is 2.91. The molecule has 1 heterocycles. The van der Waals surface area contributed by atoms with E-state index in [0.29, 0.717) is 19.5 Å². The normalized spacial score (nSPS) is 26.3. The number of rotatable bonds is 8. The largest absolute Gasteiger partial charge is 0.357 e. The lowest BCUT2D eigenvalue weighted by Gasteiger charge is -2.17. The summed E-state index contributed by atoms with van der Waals surface area (Å²) in [6, 6.07) is 8.57. The smallest absolute Gasteiger partial charge is 0.233 e. The average molecular weight is 536 g/mol. The van der Waals surface area contributed by atoms with Crippen LogP contribution < -0.4 is 10.6 Å². The van der Waals surface area contributed by atoms with Crippen LogP contribution in [0, 0.1) is 30.6 Å². The van der Waals surface area contributed by atoms with Crippen molar-refractivity contribution in [2.75, 3.05) is 26.2 Å². The lowest BCUT2D eigenvalue weighted by molar-refractivity contribution is -0.140. The zero-order valence-electron chi connectivity index (χ0n) is 18.3. The Morgan fingerprint density at radius 2 is 1.71 bits per heavy atom. The molecule has 4 atom stereocenters. The van der Waals surface area contributed by atoms with Crippen LogP contribution in [-0.2, 0) is 16.0 Å². The second kappa shape index (κ2) is 10.6. The van der Waals surface area contributed by atoms with Crippen molar-refractivity contribution in [2.45, 2.75) is 33.1 Å². The minimum atomic E-state index is -0.100. The molecule has 1 aliphatic heterocycles. The third-order valence-electron chi connectivity index (χ3n) is 6.54. The van der Waals surface area contributed by atoms with Crippen molar-refractivity contribution in [3.05, 3.63) is 47.5 Å². The molecule has 0 spiro atoms. The van der Waals surface area contributed by atoms with Crippen LogP contribution >= 0.6 is 24.0 Å². The summed E-state index contributed by atoms with van der Waals surface area (Å²) in [4.78, 5) is 31.6. The van der Waals surface area contributed by atoms with Crippen molar-refractivity contribution in [2.24, 2.45) is 28.7 Å². The summed E-state index contributed by atoms with van der Waals surface area (Å²) < 4.78 is 0. The van der Waals surface area contributed by atoms with Gasteiger partial charge in [-0.3, -0.25) is 19.5 Å². The summed E-state index contributed by atoms with van der Waals surface area (Å²) in [6.07, 6.45) is 6.87. The second-order valence-corrected chi connectivity index (χ2v) is 8.60. The highest BCUT2D eigenvalue weighted by atomic mass is 127. The topological polar surface area (TPSA) is 73.8 Å². The number of fused-ring (bicyclic) bond motifs is 5. The van der Waals surface area contributed by atoms with Crippen molar-refractivity contribution in [3.8, 4) is 0 Å². The number of benzene rings is 1. The maximum atomic E-state index is 12.7. The van der Waals surface area contributed by atoms with Gasteiger partial charge in [0.25, 0.3) is 0 Å². The molecule has 0 aromatic heterocycles. The Bertz CT molecular complexity index is 822. The number of likely N-dealkylation sites (tertiary alicyclic amines) is 1. The van der Waals surface area contributed by atoms with E-state index in [1.54, 1.807) is 0 Å². The molecular weight excluding hydrogens is 503 g/mol. The molecule has 2 fully saturated rings. The number of carbonyl (C=O) groups is 2. The van der Waals surface area contributed by atoms with E-state index >= 15 is 0 Å². The highest BCUT2D eigenvalue weighted by Crippen LogP contribution is 2.52. The number of nitrogens with zero attached hydrogens (tertiary/aromatic N) is 2. The minimum Gasteiger partial charge on any atom is -0.357 e. The zero-order chi connectivity index (χ0) is 21.1. The maximum Gasteiger partial charge on any atom is 0.233 e. The Kier molecular flexibility index (Phi) is 8.13. The van der Waals surface area contributed by atoms with Crippen molar-refractivity contribution in [1.29, 1.82) is 0 Å². The quantitative estimate of drug-likeness (QED) is 0.134.